The Morgan fingerprint density at radius 3 is 1.61 bits per heavy atom. The highest BCUT2D eigenvalue weighted by Gasteiger charge is 2.21. The first-order valence-corrected chi connectivity index (χ1v) is 18.8. The third-order valence-electron chi connectivity index (χ3n) is 10.5. The first kappa shape index (κ1) is 28.1. The molecule has 2 heteroatoms. The van der Waals surface area contributed by atoms with Crippen LogP contribution in [0.3, 0.4) is 0 Å². The molecule has 1 aromatic heterocycles. The predicted molar refractivity (Wildman–Crippen MR) is 237 cm³/mol. The minimum Gasteiger partial charge on any atom is -0.310 e. The van der Waals surface area contributed by atoms with Gasteiger partial charge >= 0.3 is 0 Å². The molecule has 0 N–H and O–H groups in total. The highest BCUT2D eigenvalue weighted by molar-refractivity contribution is 6.17. The van der Waals surface area contributed by atoms with Crippen LogP contribution in [0.25, 0.3) is 72.0 Å². The Kier molecular flexibility index (Phi) is 7.24. The summed E-state index contributed by atoms with van der Waals surface area (Å²) in [4.78, 5) is 2.30. The molecular weight excluding hydrogens is 677 g/mol. The van der Waals surface area contributed by atoms with Crippen molar-refractivity contribution in [2.24, 2.45) is 0 Å². The first-order valence-electron chi connectivity index (χ1n) is 21.3. The van der Waals surface area contributed by atoms with E-state index in [0.717, 1.165) is 72.2 Å². The smallest absolute Gasteiger partial charge is 0.0645 e. The Morgan fingerprint density at radius 1 is 0.375 bits per heavy atom. The summed E-state index contributed by atoms with van der Waals surface area (Å²) in [5, 5.41) is 1.83. The summed E-state index contributed by atoms with van der Waals surface area (Å²) >= 11 is 0. The molecular formula is C54H38N2. The van der Waals surface area contributed by atoms with Gasteiger partial charge in [-0.2, -0.15) is 0 Å². The van der Waals surface area contributed by atoms with Crippen LogP contribution in [0.4, 0.5) is 17.1 Å². The molecule has 0 aliphatic carbocycles. The van der Waals surface area contributed by atoms with Crippen molar-refractivity contribution in [3.63, 3.8) is 0 Å². The molecule has 0 spiro atoms. The number of benzene rings is 9. The molecule has 10 rings (SSSR count). The predicted octanol–water partition coefficient (Wildman–Crippen LogP) is 14.9. The monoisotopic (exact) mass is 719 g/mol. The Bertz CT molecular complexity index is 3200. The molecule has 0 atom stereocenters. The SMILES string of the molecule is [2H]c1c([2H])c([2H])c(-n2c3ccccc3c3c(-c4ccccc4N(c4ccc(-c5ccc(-c6ccccc6)cc5)cc4)c4cccc(-c5ccccc5)c4)cccc32)c([2H])c1[2H]. The molecule has 0 saturated carbocycles. The summed E-state index contributed by atoms with van der Waals surface area (Å²) in [6.07, 6.45) is 0. The number of nitrogens with zero attached hydrogens (tertiary/aromatic N) is 2. The lowest BCUT2D eigenvalue weighted by Gasteiger charge is -2.28. The van der Waals surface area contributed by atoms with E-state index in [-0.39, 0.29) is 29.9 Å². The van der Waals surface area contributed by atoms with E-state index in [1.54, 1.807) is 0 Å². The summed E-state index contributed by atoms with van der Waals surface area (Å²) < 4.78 is 45.0. The van der Waals surface area contributed by atoms with E-state index in [1.807, 2.05) is 59.2 Å². The maximum atomic E-state index is 8.96. The molecule has 0 unspecified atom stereocenters. The van der Waals surface area contributed by atoms with Gasteiger partial charge in [0.25, 0.3) is 0 Å². The molecule has 1 heterocycles. The van der Waals surface area contributed by atoms with Crippen LogP contribution in [0.15, 0.2) is 230 Å². The zero-order valence-electron chi connectivity index (χ0n) is 35.4. The van der Waals surface area contributed by atoms with E-state index in [0.29, 0.717) is 0 Å². The van der Waals surface area contributed by atoms with Crippen molar-refractivity contribution < 1.29 is 6.85 Å². The van der Waals surface area contributed by atoms with Crippen LogP contribution in [-0.2, 0) is 0 Å². The standard InChI is InChI=1S/C54H38N2/c1-4-16-39(17-5-1)41-30-32-42(33-31-41)43-34-36-46(37-35-43)55(47-23-14-20-44(38-47)40-18-6-2-7-19-40)51-27-12-10-24-48(51)49-26-15-29-53-54(49)50-25-11-13-28-52(50)56(53)45-21-8-3-9-22-45/h1-38H/i3D,8D,9D,21D,22D. The maximum Gasteiger partial charge on any atom is 0.0645 e. The summed E-state index contributed by atoms with van der Waals surface area (Å²) in [5.41, 5.74) is 13.3. The second kappa shape index (κ2) is 14.4. The summed E-state index contributed by atoms with van der Waals surface area (Å²) in [6, 6.07) is 67.5. The number of rotatable bonds is 8. The van der Waals surface area contributed by atoms with Crippen molar-refractivity contribution in [1.82, 2.24) is 4.57 Å². The van der Waals surface area contributed by atoms with Gasteiger partial charge in [-0.25, -0.2) is 0 Å². The van der Waals surface area contributed by atoms with Crippen LogP contribution in [0.5, 0.6) is 0 Å². The van der Waals surface area contributed by atoms with Crippen LogP contribution >= 0.6 is 0 Å². The normalized spacial score (nSPS) is 12.5. The number of hydrogen-bond acceptors (Lipinski definition) is 1. The number of para-hydroxylation sites is 3. The Morgan fingerprint density at radius 2 is 0.893 bits per heavy atom. The fourth-order valence-corrected chi connectivity index (χ4v) is 7.91. The van der Waals surface area contributed by atoms with Gasteiger partial charge in [-0.3, -0.25) is 0 Å². The Hall–Kier alpha value is -7.42. The molecule has 0 radical (unpaired) electrons. The minimum atomic E-state index is -0.417. The molecule has 10 aromatic rings. The molecule has 0 amide bonds. The van der Waals surface area contributed by atoms with Crippen molar-refractivity contribution in [2.75, 3.05) is 4.90 Å². The van der Waals surface area contributed by atoms with Gasteiger partial charge in [0, 0.05) is 33.4 Å². The molecule has 0 aliphatic heterocycles. The van der Waals surface area contributed by atoms with Gasteiger partial charge in [-0.15, -0.1) is 0 Å². The Labute approximate surface area is 334 Å². The van der Waals surface area contributed by atoms with Crippen molar-refractivity contribution in [3.8, 4) is 50.2 Å². The summed E-state index contributed by atoms with van der Waals surface area (Å²) in [7, 11) is 0. The second-order valence-electron chi connectivity index (χ2n) is 13.8. The molecule has 264 valence electrons. The minimum absolute atomic E-state index is 0.122. The van der Waals surface area contributed by atoms with Crippen molar-refractivity contribution in [3.05, 3.63) is 230 Å². The number of aromatic nitrogens is 1. The van der Waals surface area contributed by atoms with Gasteiger partial charge < -0.3 is 9.47 Å². The summed E-state index contributed by atoms with van der Waals surface area (Å²) in [6.45, 7) is 0. The van der Waals surface area contributed by atoms with Crippen LogP contribution in [0.2, 0.25) is 0 Å². The fourth-order valence-electron chi connectivity index (χ4n) is 7.91. The van der Waals surface area contributed by atoms with E-state index < -0.39 is 6.04 Å². The van der Waals surface area contributed by atoms with E-state index in [1.165, 1.54) is 11.1 Å². The van der Waals surface area contributed by atoms with Gasteiger partial charge in [0.2, 0.25) is 0 Å². The molecule has 2 nitrogen and oxygen atoms in total. The molecule has 0 aliphatic rings. The lowest BCUT2D eigenvalue weighted by atomic mass is 9.96. The average Bonchev–Trinajstić information content (AvgIpc) is 3.66. The number of fused-ring (bicyclic) bond motifs is 3. The van der Waals surface area contributed by atoms with E-state index in [2.05, 4.69) is 150 Å². The van der Waals surface area contributed by atoms with Crippen LogP contribution in [-0.4, -0.2) is 4.57 Å². The van der Waals surface area contributed by atoms with E-state index in [9.17, 15) is 0 Å². The lowest BCUT2D eigenvalue weighted by Crippen LogP contribution is -2.11. The highest BCUT2D eigenvalue weighted by atomic mass is 15.1. The molecule has 0 saturated heterocycles. The zero-order chi connectivity index (χ0) is 41.6. The number of anilines is 3. The van der Waals surface area contributed by atoms with Crippen molar-refractivity contribution in [1.29, 1.82) is 0 Å². The van der Waals surface area contributed by atoms with Crippen molar-refractivity contribution >= 4 is 38.9 Å². The molecule has 0 fully saturated rings. The third kappa shape index (κ3) is 6.04. The Balaban J connectivity index is 1.16. The topological polar surface area (TPSA) is 8.17 Å². The maximum absolute atomic E-state index is 8.96. The van der Waals surface area contributed by atoms with E-state index in [4.69, 9.17) is 6.85 Å². The van der Waals surface area contributed by atoms with E-state index >= 15 is 0 Å². The average molecular weight is 720 g/mol. The lowest BCUT2D eigenvalue weighted by molar-refractivity contribution is 1.18. The molecule has 9 aromatic carbocycles. The molecule has 56 heavy (non-hydrogen) atoms. The second-order valence-corrected chi connectivity index (χ2v) is 13.8. The number of hydrogen-bond donors (Lipinski definition) is 0. The van der Waals surface area contributed by atoms with Gasteiger partial charge in [0.05, 0.1) is 23.6 Å². The first-order chi connectivity index (χ1) is 29.9. The third-order valence-corrected chi connectivity index (χ3v) is 10.5. The largest absolute Gasteiger partial charge is 0.310 e. The van der Waals surface area contributed by atoms with Crippen LogP contribution in [0.1, 0.15) is 6.85 Å². The molecule has 0 bridgehead atoms. The quantitative estimate of drug-likeness (QED) is 0.152. The summed E-state index contributed by atoms with van der Waals surface area (Å²) in [5.74, 6) is 0. The van der Waals surface area contributed by atoms with Gasteiger partial charge in [0.1, 0.15) is 0 Å². The van der Waals surface area contributed by atoms with Gasteiger partial charge in [-0.1, -0.05) is 176 Å². The van der Waals surface area contributed by atoms with Gasteiger partial charge in [-0.05, 0) is 93.5 Å². The zero-order valence-corrected chi connectivity index (χ0v) is 30.4. The fraction of sp³-hybridized carbons (Fsp3) is 0. The van der Waals surface area contributed by atoms with Crippen LogP contribution < -0.4 is 4.90 Å². The highest BCUT2D eigenvalue weighted by Crippen LogP contribution is 2.46. The van der Waals surface area contributed by atoms with Gasteiger partial charge in [0.15, 0.2) is 0 Å². The van der Waals surface area contributed by atoms with Crippen molar-refractivity contribution in [2.45, 2.75) is 0 Å². The van der Waals surface area contributed by atoms with Crippen LogP contribution in [0, 0.1) is 0 Å².